The molecule has 3 rings (SSSR count). The molecule has 140 valence electrons. The monoisotopic (exact) mass is 378 g/mol. The van der Waals surface area contributed by atoms with Crippen LogP contribution in [0.15, 0.2) is 89.9 Å². The van der Waals surface area contributed by atoms with Crippen molar-refractivity contribution >= 4 is 5.71 Å². The molecule has 0 saturated heterocycles. The Morgan fingerprint density at radius 2 is 1.43 bits per heavy atom. The van der Waals surface area contributed by atoms with Crippen molar-refractivity contribution in [3.8, 4) is 6.07 Å². The van der Waals surface area contributed by atoms with Crippen LogP contribution >= 0.6 is 0 Å². The summed E-state index contributed by atoms with van der Waals surface area (Å²) in [5.41, 5.74) is 1.72. The molecule has 2 nitrogen and oxygen atoms in total. The van der Waals surface area contributed by atoms with Crippen LogP contribution in [-0.4, -0.2) is 5.71 Å². The van der Waals surface area contributed by atoms with Crippen LogP contribution in [0.3, 0.4) is 0 Å². The van der Waals surface area contributed by atoms with Crippen LogP contribution in [0.1, 0.15) is 28.3 Å². The smallest absolute Gasteiger partial charge is 0.265 e. The van der Waals surface area contributed by atoms with Gasteiger partial charge in [-0.05, 0) is 29.7 Å². The highest BCUT2D eigenvalue weighted by Gasteiger charge is 2.30. The normalized spacial score (nSPS) is 13.0. The molecule has 0 bridgehead atoms. The highest BCUT2D eigenvalue weighted by Crippen LogP contribution is 2.29. The molecule has 5 heteroatoms. The first-order valence-corrected chi connectivity index (χ1v) is 8.72. The number of alkyl halides is 3. The zero-order valence-electron chi connectivity index (χ0n) is 14.9. The summed E-state index contributed by atoms with van der Waals surface area (Å²) in [6.07, 6.45) is -3.83. The second kappa shape index (κ2) is 8.53. The lowest BCUT2D eigenvalue weighted by Gasteiger charge is -2.14. The molecule has 3 aromatic rings. The van der Waals surface area contributed by atoms with Crippen LogP contribution < -0.4 is 0 Å². The number of hydrogen-bond acceptors (Lipinski definition) is 2. The summed E-state index contributed by atoms with van der Waals surface area (Å²) in [5.74, 6) is 0. The van der Waals surface area contributed by atoms with Crippen molar-refractivity contribution in [2.24, 2.45) is 4.99 Å². The maximum Gasteiger partial charge on any atom is 0.416 e. The Bertz CT molecular complexity index is 970. The van der Waals surface area contributed by atoms with Crippen LogP contribution in [0, 0.1) is 11.3 Å². The lowest BCUT2D eigenvalue weighted by Crippen LogP contribution is -2.08. The van der Waals surface area contributed by atoms with E-state index in [4.69, 9.17) is 0 Å². The summed E-state index contributed by atoms with van der Waals surface area (Å²) >= 11 is 0. The van der Waals surface area contributed by atoms with Crippen LogP contribution in [0.25, 0.3) is 0 Å². The zero-order valence-corrected chi connectivity index (χ0v) is 14.9. The van der Waals surface area contributed by atoms with Gasteiger partial charge in [0.2, 0.25) is 0 Å². The molecular weight excluding hydrogens is 361 g/mol. The number of aliphatic imine (C=N–C) groups is 1. The summed E-state index contributed by atoms with van der Waals surface area (Å²) in [7, 11) is 0. The maximum absolute atomic E-state index is 12.8. The average molecular weight is 378 g/mol. The quantitative estimate of drug-likeness (QED) is 0.502. The van der Waals surface area contributed by atoms with Crippen molar-refractivity contribution in [1.29, 1.82) is 5.26 Å². The minimum atomic E-state index is -4.41. The highest BCUT2D eigenvalue weighted by atomic mass is 19.4. The molecule has 28 heavy (non-hydrogen) atoms. The number of halogens is 3. The van der Waals surface area contributed by atoms with Gasteiger partial charge >= 0.3 is 6.18 Å². The third kappa shape index (κ3) is 4.86. The van der Waals surface area contributed by atoms with E-state index in [-0.39, 0.29) is 11.8 Å². The largest absolute Gasteiger partial charge is 0.416 e. The standard InChI is InChI=1S/C23H17F3N2/c24-23(25,26)20-13-11-19(12-14-20)22(16-27)28-21(18-9-5-2-6-10-18)15-17-7-3-1-4-8-17/h1-14,21H,15H2/t21-/m1/s1. The molecular formula is C23H17F3N2. The minimum absolute atomic E-state index is 0.110. The van der Waals surface area contributed by atoms with E-state index in [0.717, 1.165) is 23.3 Å². The molecule has 0 aromatic heterocycles. The lowest BCUT2D eigenvalue weighted by atomic mass is 9.98. The molecule has 0 amide bonds. The van der Waals surface area contributed by atoms with Crippen LogP contribution in [0.2, 0.25) is 0 Å². The fourth-order valence-corrected chi connectivity index (χ4v) is 2.89. The van der Waals surface area contributed by atoms with Crippen molar-refractivity contribution in [3.05, 3.63) is 107 Å². The molecule has 0 aliphatic heterocycles. The van der Waals surface area contributed by atoms with E-state index >= 15 is 0 Å². The predicted molar refractivity (Wildman–Crippen MR) is 103 cm³/mol. The second-order valence-corrected chi connectivity index (χ2v) is 6.28. The molecule has 0 spiro atoms. The van der Waals surface area contributed by atoms with Gasteiger partial charge < -0.3 is 0 Å². The molecule has 0 saturated carbocycles. The van der Waals surface area contributed by atoms with Gasteiger partial charge in [0, 0.05) is 5.56 Å². The molecule has 0 N–H and O–H groups in total. The maximum atomic E-state index is 12.8. The lowest BCUT2D eigenvalue weighted by molar-refractivity contribution is -0.137. The number of rotatable bonds is 5. The Hall–Kier alpha value is -3.39. The Morgan fingerprint density at radius 3 is 1.96 bits per heavy atom. The Morgan fingerprint density at radius 1 is 0.857 bits per heavy atom. The van der Waals surface area contributed by atoms with Crippen molar-refractivity contribution in [2.45, 2.75) is 18.6 Å². The molecule has 1 atom stereocenters. The van der Waals surface area contributed by atoms with Crippen molar-refractivity contribution < 1.29 is 13.2 Å². The fourth-order valence-electron chi connectivity index (χ4n) is 2.89. The van der Waals surface area contributed by atoms with Gasteiger partial charge in [-0.3, -0.25) is 4.99 Å². The van der Waals surface area contributed by atoms with Gasteiger partial charge in [0.15, 0.2) is 0 Å². The third-order valence-corrected chi connectivity index (χ3v) is 4.33. The molecule has 3 aromatic carbocycles. The van der Waals surface area contributed by atoms with Gasteiger partial charge in [0.1, 0.15) is 11.8 Å². The highest BCUT2D eigenvalue weighted by molar-refractivity contribution is 6.11. The molecule has 0 heterocycles. The second-order valence-electron chi connectivity index (χ2n) is 6.28. The van der Waals surface area contributed by atoms with Crippen molar-refractivity contribution in [1.82, 2.24) is 0 Å². The van der Waals surface area contributed by atoms with Crippen molar-refractivity contribution in [3.63, 3.8) is 0 Å². The van der Waals surface area contributed by atoms with Gasteiger partial charge in [-0.1, -0.05) is 72.8 Å². The minimum Gasteiger partial charge on any atom is -0.265 e. The first kappa shape index (κ1) is 19.4. The van der Waals surface area contributed by atoms with Gasteiger partial charge in [-0.15, -0.1) is 0 Å². The van der Waals surface area contributed by atoms with E-state index < -0.39 is 11.7 Å². The van der Waals surface area contributed by atoms with Crippen LogP contribution in [-0.2, 0) is 12.6 Å². The van der Waals surface area contributed by atoms with E-state index in [0.29, 0.717) is 12.0 Å². The Balaban J connectivity index is 1.96. The predicted octanol–water partition coefficient (Wildman–Crippen LogP) is 6.00. The van der Waals surface area contributed by atoms with Gasteiger partial charge in [-0.2, -0.15) is 18.4 Å². The van der Waals surface area contributed by atoms with Gasteiger partial charge in [-0.25, -0.2) is 0 Å². The van der Waals surface area contributed by atoms with Crippen molar-refractivity contribution in [2.75, 3.05) is 0 Å². The topological polar surface area (TPSA) is 36.1 Å². The SMILES string of the molecule is N#CC(=N[C@H](Cc1ccccc1)c1ccccc1)c1ccc(C(F)(F)F)cc1. The fraction of sp³-hybridized carbons (Fsp3) is 0.130. The Kier molecular flexibility index (Phi) is 5.90. The number of hydrogen-bond donors (Lipinski definition) is 0. The average Bonchev–Trinajstić information content (AvgIpc) is 2.72. The zero-order chi connectivity index (χ0) is 20.0. The summed E-state index contributed by atoms with van der Waals surface area (Å²) in [5, 5.41) is 9.57. The number of benzene rings is 3. The summed E-state index contributed by atoms with van der Waals surface area (Å²) in [6.45, 7) is 0. The van der Waals surface area contributed by atoms with E-state index in [1.54, 1.807) is 0 Å². The van der Waals surface area contributed by atoms with Gasteiger partial charge in [0.25, 0.3) is 0 Å². The third-order valence-electron chi connectivity index (χ3n) is 4.33. The molecule has 0 fully saturated rings. The summed E-state index contributed by atoms with van der Waals surface area (Å²) in [4.78, 5) is 4.60. The molecule has 0 aliphatic carbocycles. The molecule has 0 unspecified atom stereocenters. The molecule has 0 radical (unpaired) electrons. The van der Waals surface area contributed by atoms with Gasteiger partial charge in [0.05, 0.1) is 11.6 Å². The first-order valence-electron chi connectivity index (χ1n) is 8.72. The van der Waals surface area contributed by atoms with E-state index in [1.165, 1.54) is 12.1 Å². The van der Waals surface area contributed by atoms with E-state index in [9.17, 15) is 18.4 Å². The first-order chi connectivity index (χ1) is 13.5. The van der Waals surface area contributed by atoms with Crippen LogP contribution in [0.4, 0.5) is 13.2 Å². The molecule has 0 aliphatic rings. The Labute approximate surface area is 161 Å². The number of nitriles is 1. The summed E-state index contributed by atoms with van der Waals surface area (Å²) < 4.78 is 38.3. The summed E-state index contributed by atoms with van der Waals surface area (Å²) in [6, 6.07) is 25.5. The van der Waals surface area contributed by atoms with E-state index in [2.05, 4.69) is 4.99 Å². The van der Waals surface area contributed by atoms with E-state index in [1.807, 2.05) is 66.7 Å². The number of nitrogens with zero attached hydrogens (tertiary/aromatic N) is 2. The van der Waals surface area contributed by atoms with Crippen LogP contribution in [0.5, 0.6) is 0 Å².